The predicted octanol–water partition coefficient (Wildman–Crippen LogP) is 1.20. The Balaban J connectivity index is 2.41. The van der Waals surface area contributed by atoms with Crippen LogP contribution in [0.3, 0.4) is 0 Å². The number of nitrogens with zero attached hydrogens (tertiary/aromatic N) is 3. The summed E-state index contributed by atoms with van der Waals surface area (Å²) < 4.78 is 4.98. The molecule has 0 aromatic carbocycles. The largest absolute Gasteiger partial charge is 0.480 e. The van der Waals surface area contributed by atoms with Crippen LogP contribution in [-0.2, 0) is 4.79 Å². The zero-order valence-corrected chi connectivity index (χ0v) is 9.47. The number of carbonyl (C=O) groups is 1. The number of fused-ring (bicyclic) bond motifs is 1. The average molecular weight is 236 g/mol. The smallest absolute Gasteiger partial charge is 0.326 e. The molecule has 1 unspecified atom stereocenters. The van der Waals surface area contributed by atoms with E-state index in [1.165, 1.54) is 6.33 Å². The summed E-state index contributed by atoms with van der Waals surface area (Å²) >= 11 is 0. The molecule has 0 radical (unpaired) electrons. The van der Waals surface area contributed by atoms with Crippen LogP contribution < -0.4 is 5.32 Å². The third-order valence-electron chi connectivity index (χ3n) is 2.46. The van der Waals surface area contributed by atoms with Gasteiger partial charge in [-0.2, -0.15) is 4.98 Å². The topological polar surface area (TPSA) is 101 Å². The van der Waals surface area contributed by atoms with Crippen molar-refractivity contribution in [1.82, 2.24) is 15.1 Å². The van der Waals surface area contributed by atoms with Crippen LogP contribution in [0.4, 0.5) is 5.82 Å². The summed E-state index contributed by atoms with van der Waals surface area (Å²) in [5.41, 5.74) is 0.976. The Labute approximate surface area is 96.8 Å². The lowest BCUT2D eigenvalue weighted by atomic mass is 10.2. The quantitative estimate of drug-likeness (QED) is 0.822. The number of aliphatic carboxylic acids is 1. The SMILES string of the molecule is CCC(Nc1ncnc2onc(C)c12)C(=O)O. The van der Waals surface area contributed by atoms with Gasteiger partial charge in [-0.3, -0.25) is 0 Å². The van der Waals surface area contributed by atoms with Crippen molar-refractivity contribution in [2.75, 3.05) is 5.32 Å². The van der Waals surface area contributed by atoms with Crippen molar-refractivity contribution >= 4 is 22.9 Å². The van der Waals surface area contributed by atoms with Crippen LogP contribution in [0.25, 0.3) is 11.1 Å². The maximum absolute atomic E-state index is 10.9. The lowest BCUT2D eigenvalue weighted by Gasteiger charge is -2.12. The molecule has 0 fully saturated rings. The normalized spacial score (nSPS) is 12.6. The highest BCUT2D eigenvalue weighted by Crippen LogP contribution is 2.23. The van der Waals surface area contributed by atoms with Gasteiger partial charge >= 0.3 is 5.97 Å². The summed E-state index contributed by atoms with van der Waals surface area (Å²) in [4.78, 5) is 18.9. The van der Waals surface area contributed by atoms with E-state index in [-0.39, 0.29) is 0 Å². The van der Waals surface area contributed by atoms with E-state index in [2.05, 4.69) is 20.4 Å². The molecule has 17 heavy (non-hydrogen) atoms. The predicted molar refractivity (Wildman–Crippen MR) is 59.7 cm³/mol. The van der Waals surface area contributed by atoms with Crippen LogP contribution in [0.2, 0.25) is 0 Å². The van der Waals surface area contributed by atoms with Crippen LogP contribution in [0, 0.1) is 6.92 Å². The zero-order chi connectivity index (χ0) is 12.4. The number of carboxylic acid groups (broad SMARTS) is 1. The second-order valence-electron chi connectivity index (χ2n) is 3.61. The van der Waals surface area contributed by atoms with Gasteiger partial charge in [-0.05, 0) is 13.3 Å². The second kappa shape index (κ2) is 4.36. The van der Waals surface area contributed by atoms with Crippen molar-refractivity contribution in [1.29, 1.82) is 0 Å². The van der Waals surface area contributed by atoms with E-state index in [1.54, 1.807) is 13.8 Å². The summed E-state index contributed by atoms with van der Waals surface area (Å²) in [5, 5.41) is 16.2. The van der Waals surface area contributed by atoms with E-state index in [1.807, 2.05) is 0 Å². The first kappa shape index (κ1) is 11.3. The molecule has 2 rings (SSSR count). The van der Waals surface area contributed by atoms with E-state index < -0.39 is 12.0 Å². The number of hydrogen-bond donors (Lipinski definition) is 2. The van der Waals surface area contributed by atoms with Crippen molar-refractivity contribution in [3.05, 3.63) is 12.0 Å². The molecular formula is C10H12N4O3. The number of nitrogens with one attached hydrogen (secondary N) is 1. The van der Waals surface area contributed by atoms with Gasteiger partial charge in [-0.1, -0.05) is 12.1 Å². The van der Waals surface area contributed by atoms with Crippen molar-refractivity contribution in [2.24, 2.45) is 0 Å². The van der Waals surface area contributed by atoms with E-state index in [9.17, 15) is 4.79 Å². The molecule has 2 aromatic rings. The lowest BCUT2D eigenvalue weighted by molar-refractivity contribution is -0.137. The molecule has 90 valence electrons. The lowest BCUT2D eigenvalue weighted by Crippen LogP contribution is -2.28. The van der Waals surface area contributed by atoms with Crippen LogP contribution in [0.1, 0.15) is 19.0 Å². The van der Waals surface area contributed by atoms with E-state index in [0.29, 0.717) is 29.0 Å². The number of hydrogen-bond acceptors (Lipinski definition) is 6. The van der Waals surface area contributed by atoms with Crippen molar-refractivity contribution in [3.63, 3.8) is 0 Å². The van der Waals surface area contributed by atoms with E-state index >= 15 is 0 Å². The van der Waals surface area contributed by atoms with Crippen molar-refractivity contribution in [2.45, 2.75) is 26.3 Å². The Morgan fingerprint density at radius 1 is 1.59 bits per heavy atom. The maximum atomic E-state index is 10.9. The number of rotatable bonds is 4. The van der Waals surface area contributed by atoms with Gasteiger partial charge in [-0.15, -0.1) is 0 Å². The molecule has 0 saturated carbocycles. The highest BCUT2D eigenvalue weighted by atomic mass is 16.5. The average Bonchev–Trinajstić information content (AvgIpc) is 2.68. The van der Waals surface area contributed by atoms with Crippen LogP contribution in [0.5, 0.6) is 0 Å². The molecule has 2 heterocycles. The first-order valence-electron chi connectivity index (χ1n) is 5.19. The minimum atomic E-state index is -0.923. The Kier molecular flexibility index (Phi) is 2.90. The summed E-state index contributed by atoms with van der Waals surface area (Å²) in [5.74, 6) is -0.489. The Morgan fingerprint density at radius 3 is 3.00 bits per heavy atom. The molecule has 0 aliphatic heterocycles. The van der Waals surface area contributed by atoms with Crippen molar-refractivity contribution in [3.8, 4) is 0 Å². The minimum Gasteiger partial charge on any atom is -0.480 e. The fourth-order valence-corrected chi connectivity index (χ4v) is 1.53. The number of aromatic nitrogens is 3. The third-order valence-corrected chi connectivity index (χ3v) is 2.46. The van der Waals surface area contributed by atoms with E-state index in [4.69, 9.17) is 9.63 Å². The Hall–Kier alpha value is -2.18. The highest BCUT2D eigenvalue weighted by Gasteiger charge is 2.19. The Morgan fingerprint density at radius 2 is 2.35 bits per heavy atom. The van der Waals surface area contributed by atoms with Crippen molar-refractivity contribution < 1.29 is 14.4 Å². The molecule has 7 nitrogen and oxygen atoms in total. The summed E-state index contributed by atoms with van der Waals surface area (Å²) in [6.45, 7) is 3.53. The molecule has 7 heteroatoms. The van der Waals surface area contributed by atoms with Gasteiger partial charge in [0.25, 0.3) is 5.71 Å². The standard InChI is InChI=1S/C10H12N4O3/c1-3-6(10(15)16)13-8-7-5(2)14-17-9(7)12-4-11-8/h4,6H,3H2,1-2H3,(H,15,16)(H,11,12,13). The maximum Gasteiger partial charge on any atom is 0.326 e. The van der Waals surface area contributed by atoms with Gasteiger partial charge in [0.2, 0.25) is 0 Å². The molecule has 0 spiro atoms. The third kappa shape index (κ3) is 2.03. The number of aryl methyl sites for hydroxylation is 1. The molecule has 0 aliphatic carbocycles. The van der Waals surface area contributed by atoms with Gasteiger partial charge < -0.3 is 14.9 Å². The second-order valence-corrected chi connectivity index (χ2v) is 3.61. The van der Waals surface area contributed by atoms with Gasteiger partial charge in [0.05, 0.1) is 5.69 Å². The molecule has 0 bridgehead atoms. The molecule has 0 aliphatic rings. The van der Waals surface area contributed by atoms with Crippen LogP contribution in [0.15, 0.2) is 10.9 Å². The fourth-order valence-electron chi connectivity index (χ4n) is 1.53. The highest BCUT2D eigenvalue weighted by molar-refractivity contribution is 5.89. The van der Waals surface area contributed by atoms with Gasteiger partial charge in [-0.25, -0.2) is 9.78 Å². The first-order valence-corrected chi connectivity index (χ1v) is 5.19. The van der Waals surface area contributed by atoms with Gasteiger partial charge in [0.15, 0.2) is 0 Å². The van der Waals surface area contributed by atoms with Gasteiger partial charge in [0.1, 0.15) is 23.6 Å². The van der Waals surface area contributed by atoms with Gasteiger partial charge in [0, 0.05) is 0 Å². The fraction of sp³-hybridized carbons (Fsp3) is 0.400. The zero-order valence-electron chi connectivity index (χ0n) is 9.47. The molecule has 0 amide bonds. The van der Waals surface area contributed by atoms with Crippen LogP contribution in [-0.4, -0.2) is 32.2 Å². The number of carboxylic acids is 1. The van der Waals surface area contributed by atoms with E-state index in [0.717, 1.165) is 0 Å². The summed E-state index contributed by atoms with van der Waals surface area (Å²) in [6, 6.07) is -0.692. The number of anilines is 1. The molecule has 0 saturated heterocycles. The molecule has 2 N–H and O–H groups in total. The van der Waals surface area contributed by atoms with Crippen LogP contribution >= 0.6 is 0 Å². The molecular weight excluding hydrogens is 224 g/mol. The Bertz CT molecular complexity index is 551. The monoisotopic (exact) mass is 236 g/mol. The summed E-state index contributed by atoms with van der Waals surface area (Å²) in [6.07, 6.45) is 1.76. The molecule has 1 atom stereocenters. The first-order chi connectivity index (χ1) is 8.13. The summed E-state index contributed by atoms with van der Waals surface area (Å²) in [7, 11) is 0. The minimum absolute atomic E-state index is 0.347. The molecule has 2 aromatic heterocycles.